The quantitative estimate of drug-likeness (QED) is 0.456. The van der Waals surface area contributed by atoms with Crippen molar-refractivity contribution in [3.05, 3.63) is 30.1 Å². The highest BCUT2D eigenvalue weighted by atomic mass is 19.4. The number of ether oxygens (including phenoxy) is 1. The van der Waals surface area contributed by atoms with E-state index in [9.17, 15) is 31.1 Å². The van der Waals surface area contributed by atoms with Crippen molar-refractivity contribution in [1.82, 2.24) is 15.2 Å². The van der Waals surface area contributed by atoms with Crippen LogP contribution < -0.4 is 5.32 Å². The standard InChI is InChI=1S/C19H27N3O2.2C2HF3O2/c23-19(21-9-6-16-3-1-2-8-20-16)15-11-18-17(7-10-24-18)22(13-15)12-14-4-5-14;2*3-2(4,5)1(6)7/h1-3,8,14-15,17-18H,4-7,9-13H2,(H,21,23);2*(H,6,7)/t15-,17-,18-;;/m1../s1. The van der Waals surface area contributed by atoms with Gasteiger partial charge in [-0.15, -0.1) is 0 Å². The fourth-order valence-electron chi connectivity index (χ4n) is 4.09. The van der Waals surface area contributed by atoms with E-state index in [0.29, 0.717) is 12.6 Å². The summed E-state index contributed by atoms with van der Waals surface area (Å²) >= 11 is 0. The van der Waals surface area contributed by atoms with Gasteiger partial charge in [0.25, 0.3) is 0 Å². The number of piperidine rings is 1. The first-order valence-corrected chi connectivity index (χ1v) is 11.8. The minimum absolute atomic E-state index is 0.0619. The molecule has 3 aliphatic rings. The molecule has 3 atom stereocenters. The van der Waals surface area contributed by atoms with Gasteiger partial charge in [0, 0.05) is 50.6 Å². The van der Waals surface area contributed by atoms with Crippen LogP contribution in [0.15, 0.2) is 24.4 Å². The van der Waals surface area contributed by atoms with E-state index in [1.807, 2.05) is 18.2 Å². The van der Waals surface area contributed by atoms with Crippen LogP contribution in [-0.2, 0) is 25.5 Å². The fourth-order valence-corrected chi connectivity index (χ4v) is 4.09. The number of nitrogens with one attached hydrogen (secondary N) is 1. The fraction of sp³-hybridized carbons (Fsp3) is 0.652. The third kappa shape index (κ3) is 10.8. The monoisotopic (exact) mass is 557 g/mol. The number of carboxylic acids is 2. The van der Waals surface area contributed by atoms with E-state index in [0.717, 1.165) is 50.6 Å². The maximum Gasteiger partial charge on any atom is 0.490 e. The number of fused-ring (bicyclic) bond motifs is 1. The summed E-state index contributed by atoms with van der Waals surface area (Å²) in [5.74, 6) is -4.41. The lowest BCUT2D eigenvalue weighted by atomic mass is 9.89. The van der Waals surface area contributed by atoms with E-state index in [-0.39, 0.29) is 17.9 Å². The lowest BCUT2D eigenvalue weighted by molar-refractivity contribution is -0.193. The Bertz CT molecular complexity index is 902. The van der Waals surface area contributed by atoms with Crippen LogP contribution in [0.4, 0.5) is 26.3 Å². The van der Waals surface area contributed by atoms with Crippen molar-refractivity contribution < 1.29 is 55.7 Å². The molecule has 1 aliphatic carbocycles. The predicted octanol–water partition coefficient (Wildman–Crippen LogP) is 2.90. The molecule has 9 nitrogen and oxygen atoms in total. The molecule has 0 aromatic carbocycles. The minimum atomic E-state index is -5.08. The van der Waals surface area contributed by atoms with Gasteiger partial charge in [0.05, 0.1) is 12.0 Å². The molecule has 2 aliphatic heterocycles. The second-order valence-electron chi connectivity index (χ2n) is 9.06. The van der Waals surface area contributed by atoms with Crippen molar-refractivity contribution in [3.63, 3.8) is 0 Å². The highest BCUT2D eigenvalue weighted by Gasteiger charge is 2.43. The van der Waals surface area contributed by atoms with Crippen molar-refractivity contribution >= 4 is 17.8 Å². The maximum absolute atomic E-state index is 12.6. The number of hydrogen-bond donors (Lipinski definition) is 3. The number of carboxylic acid groups (broad SMARTS) is 2. The number of likely N-dealkylation sites (tertiary alicyclic amines) is 1. The van der Waals surface area contributed by atoms with Crippen molar-refractivity contribution in [2.45, 2.75) is 56.6 Å². The van der Waals surface area contributed by atoms with Gasteiger partial charge in [-0.1, -0.05) is 6.07 Å². The van der Waals surface area contributed by atoms with E-state index in [1.165, 1.54) is 12.8 Å². The number of carbonyl (C=O) groups excluding carboxylic acids is 1. The lowest BCUT2D eigenvalue weighted by Gasteiger charge is -2.40. The minimum Gasteiger partial charge on any atom is -0.475 e. The largest absolute Gasteiger partial charge is 0.490 e. The third-order valence-electron chi connectivity index (χ3n) is 6.07. The van der Waals surface area contributed by atoms with Crippen molar-refractivity contribution in [2.24, 2.45) is 11.8 Å². The van der Waals surface area contributed by atoms with Crippen LogP contribution >= 0.6 is 0 Å². The van der Waals surface area contributed by atoms with E-state index in [2.05, 4.69) is 15.2 Å². The van der Waals surface area contributed by atoms with Crippen LogP contribution in [0.2, 0.25) is 0 Å². The summed E-state index contributed by atoms with van der Waals surface area (Å²) < 4.78 is 69.4. The van der Waals surface area contributed by atoms with Crippen LogP contribution in [0.1, 0.15) is 31.4 Å². The number of halogens is 6. The van der Waals surface area contributed by atoms with Gasteiger partial charge in [-0.05, 0) is 43.7 Å². The summed E-state index contributed by atoms with van der Waals surface area (Å²) in [7, 11) is 0. The first-order chi connectivity index (χ1) is 17.7. The Morgan fingerprint density at radius 2 is 1.63 bits per heavy atom. The first kappa shape index (κ1) is 31.3. The van der Waals surface area contributed by atoms with E-state index < -0.39 is 24.3 Å². The number of aliphatic carboxylic acids is 2. The number of nitrogens with zero attached hydrogens (tertiary/aromatic N) is 2. The summed E-state index contributed by atoms with van der Waals surface area (Å²) in [4.78, 5) is 37.2. The maximum atomic E-state index is 12.6. The Hall–Kier alpha value is -2.94. The van der Waals surface area contributed by atoms with Gasteiger partial charge in [-0.2, -0.15) is 26.3 Å². The molecule has 1 aromatic rings. The smallest absolute Gasteiger partial charge is 0.475 e. The molecule has 38 heavy (non-hydrogen) atoms. The highest BCUT2D eigenvalue weighted by molar-refractivity contribution is 5.79. The summed E-state index contributed by atoms with van der Waals surface area (Å²) in [6.07, 6.45) is -2.61. The van der Waals surface area contributed by atoms with Crippen molar-refractivity contribution in [1.29, 1.82) is 0 Å². The molecule has 0 unspecified atom stereocenters. The van der Waals surface area contributed by atoms with E-state index >= 15 is 0 Å². The summed E-state index contributed by atoms with van der Waals surface area (Å²) in [5, 5.41) is 17.4. The predicted molar refractivity (Wildman–Crippen MR) is 119 cm³/mol. The Morgan fingerprint density at radius 3 is 2.13 bits per heavy atom. The molecule has 0 radical (unpaired) electrons. The van der Waals surface area contributed by atoms with Gasteiger partial charge in [0.1, 0.15) is 0 Å². The molecule has 3 N–H and O–H groups in total. The summed E-state index contributed by atoms with van der Waals surface area (Å²) in [6, 6.07) is 6.44. The zero-order valence-corrected chi connectivity index (χ0v) is 20.2. The van der Waals surface area contributed by atoms with Crippen LogP contribution in [-0.4, -0.2) is 88.7 Å². The van der Waals surface area contributed by atoms with Gasteiger partial charge >= 0.3 is 24.3 Å². The van der Waals surface area contributed by atoms with Crippen molar-refractivity contribution in [3.8, 4) is 0 Å². The van der Waals surface area contributed by atoms with E-state index in [1.54, 1.807) is 6.20 Å². The molecular formula is C23H29F6N3O6. The third-order valence-corrected chi connectivity index (χ3v) is 6.07. The molecule has 214 valence electrons. The zero-order chi connectivity index (χ0) is 28.5. The average molecular weight is 557 g/mol. The molecular weight excluding hydrogens is 528 g/mol. The Balaban J connectivity index is 0.000000301. The van der Waals surface area contributed by atoms with Crippen LogP contribution in [0.25, 0.3) is 0 Å². The second-order valence-corrected chi connectivity index (χ2v) is 9.06. The normalized spacial score (nSPS) is 23.2. The van der Waals surface area contributed by atoms with Crippen LogP contribution in [0.5, 0.6) is 0 Å². The second kappa shape index (κ2) is 13.7. The average Bonchev–Trinajstić information content (AvgIpc) is 3.51. The molecule has 1 saturated carbocycles. The molecule has 0 bridgehead atoms. The molecule has 1 aromatic heterocycles. The molecule has 0 spiro atoms. The van der Waals surface area contributed by atoms with Gasteiger partial charge in [0.15, 0.2) is 0 Å². The van der Waals surface area contributed by atoms with Gasteiger partial charge in [-0.25, -0.2) is 9.59 Å². The number of aromatic nitrogens is 1. The van der Waals surface area contributed by atoms with Crippen LogP contribution in [0.3, 0.4) is 0 Å². The number of alkyl halides is 6. The van der Waals surface area contributed by atoms with Gasteiger partial charge < -0.3 is 20.3 Å². The lowest BCUT2D eigenvalue weighted by Crippen LogP contribution is -2.53. The molecule has 3 heterocycles. The number of carbonyl (C=O) groups is 3. The van der Waals surface area contributed by atoms with Crippen LogP contribution in [0, 0.1) is 11.8 Å². The number of rotatable bonds is 6. The summed E-state index contributed by atoms with van der Waals surface area (Å²) in [6.45, 7) is 3.56. The highest BCUT2D eigenvalue weighted by Crippen LogP contribution is 2.36. The molecule has 3 fully saturated rings. The molecule has 4 rings (SSSR count). The Morgan fingerprint density at radius 1 is 1.03 bits per heavy atom. The molecule has 1 amide bonds. The van der Waals surface area contributed by atoms with Gasteiger partial charge in [0.2, 0.25) is 5.91 Å². The molecule has 15 heteroatoms. The summed E-state index contributed by atoms with van der Waals surface area (Å²) in [5.41, 5.74) is 1.02. The first-order valence-electron chi connectivity index (χ1n) is 11.8. The Kier molecular flexibility index (Phi) is 11.3. The van der Waals surface area contributed by atoms with E-state index in [4.69, 9.17) is 24.5 Å². The zero-order valence-electron chi connectivity index (χ0n) is 20.2. The molecule has 2 saturated heterocycles. The van der Waals surface area contributed by atoms with Gasteiger partial charge in [-0.3, -0.25) is 14.7 Å². The number of pyridine rings is 1. The van der Waals surface area contributed by atoms with Crippen molar-refractivity contribution in [2.75, 3.05) is 26.2 Å². The number of hydrogen-bond acceptors (Lipinski definition) is 6. The topological polar surface area (TPSA) is 129 Å². The Labute approximate surface area is 214 Å². The number of amides is 1. The SMILES string of the molecule is O=C(NCCc1ccccn1)[C@@H]1C[C@H]2OCC[C@H]2N(CC2CC2)C1.O=C(O)C(F)(F)F.O=C(O)C(F)(F)F.